The molecule has 158 valence electrons. The molecule has 0 aromatic carbocycles. The molecular weight excluding hydrogens is 336 g/mol. The van der Waals surface area contributed by atoms with Gasteiger partial charge in [0.25, 0.3) is 0 Å². The summed E-state index contributed by atoms with van der Waals surface area (Å²) in [6.45, 7) is 13.3. The lowest BCUT2D eigenvalue weighted by atomic mass is 10.3. The fraction of sp³-hybridized carbons (Fsp3) is 0.810. The van der Waals surface area contributed by atoms with Crippen molar-refractivity contribution in [3.8, 4) is 0 Å². The van der Waals surface area contributed by atoms with E-state index in [0.717, 1.165) is 19.6 Å². The van der Waals surface area contributed by atoms with Crippen molar-refractivity contribution < 1.29 is 0 Å². The molecule has 0 bridgehead atoms. The Morgan fingerprint density at radius 1 is 0.407 bits per heavy atom. The van der Waals surface area contributed by atoms with E-state index in [2.05, 4.69) is 50.1 Å². The predicted molar refractivity (Wildman–Crippen MR) is 118 cm³/mol. The van der Waals surface area contributed by atoms with Gasteiger partial charge in [-0.3, -0.25) is 0 Å². The Bertz CT molecular complexity index is 272. The van der Waals surface area contributed by atoms with Crippen LogP contribution >= 0.6 is 0 Å². The summed E-state index contributed by atoms with van der Waals surface area (Å²) >= 11 is 0. The highest BCUT2D eigenvalue weighted by Crippen LogP contribution is 1.90. The monoisotopic (exact) mass is 380 g/mol. The smallest absolute Gasteiger partial charge is 0.0176 e. The zero-order valence-corrected chi connectivity index (χ0v) is 17.3. The van der Waals surface area contributed by atoms with Gasteiger partial charge in [-0.05, 0) is 84.0 Å². The standard InChI is InChI=1S/2C4H9N.2C4H7N.C3H7N.C2H5N/c4*1-2-4-5-3-1;1-2-4-3-1;1-2-3-1/h2*5H,1-4H2;1,3,5H,2,4H2;1-2,5H,3-4H2;4H,1-3H2;3H,1-2H2. The largest absolute Gasteiger partial charge is 0.391 e. The molecule has 4 saturated heterocycles. The first kappa shape index (κ1) is 24.1. The number of nitrogens with one attached hydrogen (secondary N) is 6. The molecule has 6 nitrogen and oxygen atoms in total. The van der Waals surface area contributed by atoms with Gasteiger partial charge in [0.05, 0.1) is 0 Å². The lowest BCUT2D eigenvalue weighted by Gasteiger charge is -2.09. The maximum absolute atomic E-state index is 3.22. The Morgan fingerprint density at radius 3 is 0.926 bits per heavy atom. The van der Waals surface area contributed by atoms with Gasteiger partial charge in [0.15, 0.2) is 0 Å². The summed E-state index contributed by atoms with van der Waals surface area (Å²) in [5, 5.41) is 18.7. The normalized spacial score (nSPS) is 22.5. The quantitative estimate of drug-likeness (QED) is 0.277. The van der Waals surface area contributed by atoms with Gasteiger partial charge in [-0.15, -0.1) is 0 Å². The second kappa shape index (κ2) is 21.4. The molecule has 0 aromatic heterocycles. The first-order valence-corrected chi connectivity index (χ1v) is 11.1. The second-order valence-corrected chi connectivity index (χ2v) is 7.04. The average molecular weight is 381 g/mol. The summed E-state index contributed by atoms with van der Waals surface area (Å²) < 4.78 is 0. The first-order chi connectivity index (χ1) is 13.5. The van der Waals surface area contributed by atoms with Crippen LogP contribution in [-0.2, 0) is 0 Å². The average Bonchev–Trinajstić information content (AvgIpc) is 3.31. The van der Waals surface area contributed by atoms with Crippen molar-refractivity contribution in [3.05, 3.63) is 24.4 Å². The van der Waals surface area contributed by atoms with Crippen molar-refractivity contribution in [1.29, 1.82) is 0 Å². The summed E-state index contributed by atoms with van der Waals surface area (Å²) in [6.07, 6.45) is 16.5. The minimum Gasteiger partial charge on any atom is -0.391 e. The lowest BCUT2D eigenvalue weighted by Crippen LogP contribution is -2.29. The van der Waals surface area contributed by atoms with E-state index < -0.39 is 0 Å². The van der Waals surface area contributed by atoms with Crippen molar-refractivity contribution >= 4 is 0 Å². The zero-order valence-electron chi connectivity index (χ0n) is 17.3. The molecule has 6 aliphatic heterocycles. The van der Waals surface area contributed by atoms with E-state index in [1.165, 1.54) is 90.9 Å². The van der Waals surface area contributed by atoms with Gasteiger partial charge in [0, 0.05) is 32.7 Å². The molecule has 0 aromatic rings. The van der Waals surface area contributed by atoms with Crippen LogP contribution < -0.4 is 31.9 Å². The lowest BCUT2D eigenvalue weighted by molar-refractivity contribution is 0.527. The predicted octanol–water partition coefficient (Wildman–Crippen LogP) is 0.948. The van der Waals surface area contributed by atoms with Crippen molar-refractivity contribution in [2.45, 2.75) is 38.5 Å². The maximum atomic E-state index is 3.22. The van der Waals surface area contributed by atoms with Crippen LogP contribution in [0.2, 0.25) is 0 Å². The summed E-state index contributed by atoms with van der Waals surface area (Å²) in [5.41, 5.74) is 0. The molecule has 4 fully saturated rings. The first-order valence-electron chi connectivity index (χ1n) is 11.1. The summed E-state index contributed by atoms with van der Waals surface area (Å²) in [7, 11) is 0. The summed E-state index contributed by atoms with van der Waals surface area (Å²) in [6, 6.07) is 0. The van der Waals surface area contributed by atoms with Gasteiger partial charge in [0.1, 0.15) is 0 Å². The molecule has 6 aliphatic rings. The number of hydrogen-bond acceptors (Lipinski definition) is 6. The minimum absolute atomic E-state index is 1.07. The van der Waals surface area contributed by atoms with Crippen LogP contribution in [0, 0.1) is 0 Å². The molecular formula is C21H44N6. The van der Waals surface area contributed by atoms with E-state index >= 15 is 0 Å². The third-order valence-electron chi connectivity index (χ3n) is 4.25. The fourth-order valence-electron chi connectivity index (χ4n) is 2.26. The van der Waals surface area contributed by atoms with E-state index in [4.69, 9.17) is 0 Å². The van der Waals surface area contributed by atoms with Crippen LogP contribution in [0.3, 0.4) is 0 Å². The topological polar surface area (TPSA) is 82.1 Å². The van der Waals surface area contributed by atoms with E-state index in [9.17, 15) is 0 Å². The zero-order chi connectivity index (χ0) is 19.1. The van der Waals surface area contributed by atoms with E-state index in [-0.39, 0.29) is 0 Å². The van der Waals surface area contributed by atoms with Crippen molar-refractivity contribution in [3.63, 3.8) is 0 Å². The molecule has 0 atom stereocenters. The maximum Gasteiger partial charge on any atom is 0.0176 e. The van der Waals surface area contributed by atoms with Gasteiger partial charge in [-0.25, -0.2) is 0 Å². The van der Waals surface area contributed by atoms with Crippen LogP contribution in [0.1, 0.15) is 38.5 Å². The highest BCUT2D eigenvalue weighted by molar-refractivity contribution is 4.92. The van der Waals surface area contributed by atoms with Gasteiger partial charge in [-0.1, -0.05) is 18.2 Å². The molecule has 0 radical (unpaired) electrons. The molecule has 6 heteroatoms. The number of rotatable bonds is 0. The van der Waals surface area contributed by atoms with Crippen molar-refractivity contribution in [2.75, 3.05) is 72.0 Å². The molecule has 0 aliphatic carbocycles. The molecule has 0 spiro atoms. The highest BCUT2D eigenvalue weighted by atomic mass is 15.0. The Morgan fingerprint density at radius 2 is 0.815 bits per heavy atom. The van der Waals surface area contributed by atoms with E-state index in [1.807, 2.05) is 6.20 Å². The molecule has 6 N–H and O–H groups in total. The highest BCUT2D eigenvalue weighted by Gasteiger charge is 1.94. The Balaban J connectivity index is 0.000000163. The fourth-order valence-corrected chi connectivity index (χ4v) is 2.26. The third kappa shape index (κ3) is 23.0. The number of hydrogen-bond donors (Lipinski definition) is 6. The van der Waals surface area contributed by atoms with Crippen LogP contribution in [0.4, 0.5) is 0 Å². The molecule has 0 saturated carbocycles. The van der Waals surface area contributed by atoms with Crippen molar-refractivity contribution in [1.82, 2.24) is 31.9 Å². The van der Waals surface area contributed by atoms with Crippen LogP contribution in [0.25, 0.3) is 0 Å². The van der Waals surface area contributed by atoms with Gasteiger partial charge in [-0.2, -0.15) is 0 Å². The Labute approximate surface area is 167 Å². The van der Waals surface area contributed by atoms with Gasteiger partial charge < -0.3 is 31.9 Å². The molecule has 6 rings (SSSR count). The van der Waals surface area contributed by atoms with Gasteiger partial charge >= 0.3 is 0 Å². The minimum atomic E-state index is 1.07. The van der Waals surface area contributed by atoms with Crippen molar-refractivity contribution in [2.24, 2.45) is 0 Å². The van der Waals surface area contributed by atoms with Crippen LogP contribution in [-0.4, -0.2) is 72.0 Å². The van der Waals surface area contributed by atoms with E-state index in [0.29, 0.717) is 0 Å². The molecule has 0 amide bonds. The summed E-state index contributed by atoms with van der Waals surface area (Å²) in [5.74, 6) is 0. The third-order valence-corrected chi connectivity index (χ3v) is 4.25. The van der Waals surface area contributed by atoms with Crippen LogP contribution in [0.5, 0.6) is 0 Å². The molecule has 6 heterocycles. The molecule has 0 unspecified atom stereocenters. The van der Waals surface area contributed by atoms with Crippen LogP contribution in [0.15, 0.2) is 24.4 Å². The summed E-state index contributed by atoms with van der Waals surface area (Å²) in [4.78, 5) is 0. The Kier molecular flexibility index (Phi) is 19.1. The second-order valence-electron chi connectivity index (χ2n) is 7.04. The molecule has 27 heavy (non-hydrogen) atoms. The Hall–Kier alpha value is -0.920. The SMILES string of the molecule is C1=CCNC1.C1=CNCC1.C1CCNC1.C1CCNC1.C1CN1.C1CNC1. The van der Waals surface area contributed by atoms with E-state index in [1.54, 1.807) is 0 Å². The van der Waals surface area contributed by atoms with Gasteiger partial charge in [0.2, 0.25) is 0 Å².